The molecule has 0 heterocycles. The van der Waals surface area contributed by atoms with Crippen molar-refractivity contribution >= 4 is 5.91 Å². The normalized spacial score (nSPS) is 13.3. The summed E-state index contributed by atoms with van der Waals surface area (Å²) in [6.45, 7) is 10.5. The number of rotatable bonds is 5. The van der Waals surface area contributed by atoms with Crippen LogP contribution in [0.1, 0.15) is 62.9 Å². The molecule has 0 saturated carbocycles. The van der Waals surface area contributed by atoms with Crippen LogP contribution in [0, 0.1) is 5.41 Å². The molecule has 1 unspecified atom stereocenters. The van der Waals surface area contributed by atoms with Crippen LogP contribution in [0.25, 0.3) is 0 Å². The smallest absolute Gasteiger partial charge is 0.251 e. The lowest BCUT2D eigenvalue weighted by Gasteiger charge is -2.31. The third-order valence-electron chi connectivity index (χ3n) is 3.61. The van der Waals surface area contributed by atoms with Crippen LogP contribution in [0.4, 0.5) is 0 Å². The minimum Gasteiger partial charge on any atom is -0.396 e. The Bertz CT molecular complexity index is 429. The Hall–Kier alpha value is -1.35. The number of benzene rings is 1. The molecule has 3 nitrogen and oxygen atoms in total. The monoisotopic (exact) mass is 277 g/mol. The van der Waals surface area contributed by atoms with E-state index in [0.717, 1.165) is 0 Å². The first-order valence-corrected chi connectivity index (χ1v) is 7.27. The molecule has 1 rings (SSSR count). The van der Waals surface area contributed by atoms with Gasteiger partial charge in [0.2, 0.25) is 0 Å². The highest BCUT2D eigenvalue weighted by Crippen LogP contribution is 2.22. The maximum Gasteiger partial charge on any atom is 0.251 e. The van der Waals surface area contributed by atoms with Crippen LogP contribution >= 0.6 is 0 Å². The quantitative estimate of drug-likeness (QED) is 0.867. The largest absolute Gasteiger partial charge is 0.396 e. The summed E-state index contributed by atoms with van der Waals surface area (Å²) in [7, 11) is 0. The van der Waals surface area contributed by atoms with Crippen LogP contribution in [0.5, 0.6) is 0 Å². The Balaban J connectivity index is 2.78. The van der Waals surface area contributed by atoms with E-state index < -0.39 is 0 Å². The molecule has 3 heteroatoms. The van der Waals surface area contributed by atoms with Crippen LogP contribution in [-0.2, 0) is 0 Å². The highest BCUT2D eigenvalue weighted by atomic mass is 16.3. The van der Waals surface area contributed by atoms with E-state index in [1.54, 1.807) is 0 Å². The first kappa shape index (κ1) is 16.7. The molecule has 0 spiro atoms. The van der Waals surface area contributed by atoms with Crippen LogP contribution in [0.3, 0.4) is 0 Å². The van der Waals surface area contributed by atoms with Crippen molar-refractivity contribution in [3.8, 4) is 0 Å². The molecule has 0 aliphatic heterocycles. The van der Waals surface area contributed by atoms with Gasteiger partial charge in [0.05, 0.1) is 0 Å². The molecule has 20 heavy (non-hydrogen) atoms. The summed E-state index contributed by atoms with van der Waals surface area (Å²) in [6, 6.07) is 7.69. The molecule has 0 aromatic heterocycles. The van der Waals surface area contributed by atoms with Crippen LogP contribution in [-0.4, -0.2) is 23.7 Å². The minimum atomic E-state index is -0.0753. The Morgan fingerprint density at radius 3 is 2.15 bits per heavy atom. The van der Waals surface area contributed by atoms with Crippen LogP contribution in [0.15, 0.2) is 24.3 Å². The van der Waals surface area contributed by atoms with E-state index in [1.165, 1.54) is 5.56 Å². The van der Waals surface area contributed by atoms with Crippen molar-refractivity contribution in [2.24, 2.45) is 5.41 Å². The minimum absolute atomic E-state index is 0.0372. The summed E-state index contributed by atoms with van der Waals surface area (Å²) in [5, 5.41) is 12.2. The van der Waals surface area contributed by atoms with E-state index in [9.17, 15) is 4.79 Å². The highest BCUT2D eigenvalue weighted by molar-refractivity contribution is 5.94. The molecule has 0 bridgehead atoms. The van der Waals surface area contributed by atoms with E-state index >= 15 is 0 Å². The molecule has 1 aromatic rings. The van der Waals surface area contributed by atoms with Crippen molar-refractivity contribution in [2.45, 2.75) is 53.0 Å². The van der Waals surface area contributed by atoms with Gasteiger partial charge in [-0.15, -0.1) is 0 Å². The second-order valence-corrected chi connectivity index (χ2v) is 6.68. The summed E-state index contributed by atoms with van der Waals surface area (Å²) in [4.78, 5) is 12.3. The fourth-order valence-electron chi connectivity index (χ4n) is 2.11. The first-order chi connectivity index (χ1) is 9.25. The summed E-state index contributed by atoms with van der Waals surface area (Å²) >= 11 is 0. The zero-order chi connectivity index (χ0) is 15.3. The molecule has 1 atom stereocenters. The Morgan fingerprint density at radius 2 is 1.75 bits per heavy atom. The van der Waals surface area contributed by atoms with Crippen molar-refractivity contribution in [2.75, 3.05) is 6.61 Å². The standard InChI is InChI=1S/C17H27NO2/c1-12(2)13-6-8-14(9-7-13)16(20)18-15(10-11-19)17(3,4)5/h6-9,12,15,19H,10-11H2,1-5H3,(H,18,20). The zero-order valence-corrected chi connectivity index (χ0v) is 13.2. The Kier molecular flexibility index (Phi) is 5.75. The molecular formula is C17H27NO2. The van der Waals surface area contributed by atoms with Crippen LogP contribution in [0.2, 0.25) is 0 Å². The number of aliphatic hydroxyl groups is 1. The van der Waals surface area contributed by atoms with Gasteiger partial charge in [-0.3, -0.25) is 4.79 Å². The fraction of sp³-hybridized carbons (Fsp3) is 0.588. The summed E-state index contributed by atoms with van der Waals surface area (Å²) < 4.78 is 0. The Labute approximate surface area is 122 Å². The second kappa shape index (κ2) is 6.89. The van der Waals surface area contributed by atoms with Gasteiger partial charge < -0.3 is 10.4 Å². The van der Waals surface area contributed by atoms with Crippen LogP contribution < -0.4 is 5.32 Å². The molecule has 1 amide bonds. The van der Waals surface area contributed by atoms with E-state index in [1.807, 2.05) is 24.3 Å². The second-order valence-electron chi connectivity index (χ2n) is 6.68. The fourth-order valence-corrected chi connectivity index (χ4v) is 2.11. The third kappa shape index (κ3) is 4.64. The van der Waals surface area contributed by atoms with Gasteiger partial charge in [0.1, 0.15) is 0 Å². The first-order valence-electron chi connectivity index (χ1n) is 7.27. The van der Waals surface area contributed by atoms with Crippen molar-refractivity contribution in [3.63, 3.8) is 0 Å². The highest BCUT2D eigenvalue weighted by Gasteiger charge is 2.26. The summed E-state index contributed by atoms with van der Waals surface area (Å²) in [5.74, 6) is 0.387. The van der Waals surface area contributed by atoms with Gasteiger partial charge in [0.15, 0.2) is 0 Å². The molecule has 2 N–H and O–H groups in total. The van der Waals surface area contributed by atoms with E-state index in [0.29, 0.717) is 17.9 Å². The molecule has 0 saturated heterocycles. The number of aliphatic hydroxyl groups excluding tert-OH is 1. The number of carbonyl (C=O) groups excluding carboxylic acids is 1. The summed E-state index contributed by atoms with van der Waals surface area (Å²) in [5.41, 5.74) is 1.82. The van der Waals surface area contributed by atoms with Gasteiger partial charge >= 0.3 is 0 Å². The molecular weight excluding hydrogens is 250 g/mol. The molecule has 112 valence electrons. The van der Waals surface area contributed by atoms with Crippen molar-refractivity contribution in [3.05, 3.63) is 35.4 Å². The van der Waals surface area contributed by atoms with Crippen molar-refractivity contribution in [1.29, 1.82) is 0 Å². The van der Waals surface area contributed by atoms with E-state index in [-0.39, 0.29) is 24.0 Å². The average Bonchev–Trinajstić information content (AvgIpc) is 2.37. The van der Waals surface area contributed by atoms with Crippen molar-refractivity contribution < 1.29 is 9.90 Å². The number of hydrogen-bond acceptors (Lipinski definition) is 2. The Morgan fingerprint density at radius 1 is 1.20 bits per heavy atom. The predicted octanol–water partition coefficient (Wildman–Crippen LogP) is 3.34. The number of carbonyl (C=O) groups is 1. The van der Waals surface area contributed by atoms with Gasteiger partial charge in [-0.05, 0) is 35.4 Å². The van der Waals surface area contributed by atoms with Gasteiger partial charge in [0.25, 0.3) is 5.91 Å². The van der Waals surface area contributed by atoms with Gasteiger partial charge in [0, 0.05) is 18.2 Å². The zero-order valence-electron chi connectivity index (χ0n) is 13.2. The van der Waals surface area contributed by atoms with Gasteiger partial charge in [-0.2, -0.15) is 0 Å². The number of nitrogens with one attached hydrogen (secondary N) is 1. The lowest BCUT2D eigenvalue weighted by atomic mass is 9.84. The van der Waals surface area contributed by atoms with E-state index in [4.69, 9.17) is 5.11 Å². The molecule has 1 aromatic carbocycles. The van der Waals surface area contributed by atoms with Crippen molar-refractivity contribution in [1.82, 2.24) is 5.32 Å². The topological polar surface area (TPSA) is 49.3 Å². The van der Waals surface area contributed by atoms with Gasteiger partial charge in [-0.1, -0.05) is 46.8 Å². The molecule has 0 aliphatic carbocycles. The predicted molar refractivity (Wildman–Crippen MR) is 82.9 cm³/mol. The summed E-state index contributed by atoms with van der Waals surface area (Å²) in [6.07, 6.45) is 0.569. The molecule has 0 aliphatic rings. The third-order valence-corrected chi connectivity index (χ3v) is 3.61. The number of hydrogen-bond donors (Lipinski definition) is 2. The maximum absolute atomic E-state index is 12.3. The maximum atomic E-state index is 12.3. The molecule has 0 radical (unpaired) electrons. The van der Waals surface area contributed by atoms with E-state index in [2.05, 4.69) is 39.9 Å². The lowest BCUT2D eigenvalue weighted by molar-refractivity contribution is 0.0885. The SMILES string of the molecule is CC(C)c1ccc(C(=O)NC(CCO)C(C)(C)C)cc1. The van der Waals surface area contributed by atoms with Gasteiger partial charge in [-0.25, -0.2) is 0 Å². The lowest BCUT2D eigenvalue weighted by Crippen LogP contribution is -2.44. The molecule has 0 fully saturated rings. The number of amides is 1. The average molecular weight is 277 g/mol.